The quantitative estimate of drug-likeness (QED) is 0.138. The molecule has 12 atom stereocenters. The highest BCUT2D eigenvalue weighted by atomic mass is 16.6. The molecule has 342 valence electrons. The molecule has 1 N–H and O–H groups in total. The van der Waals surface area contributed by atoms with Crippen LogP contribution in [0, 0.1) is 29.6 Å². The second kappa shape index (κ2) is 16.2. The first-order valence-electron chi connectivity index (χ1n) is 22.5. The molecular weight excluding hydrogens is 815 g/mol. The number of fused-ring (bicyclic) bond motifs is 5. The smallest absolute Gasteiger partial charge is 0.413 e. The Bertz CT molecular complexity index is 2320. The minimum absolute atomic E-state index is 0.0335. The lowest BCUT2D eigenvalue weighted by atomic mass is 9.40. The first-order chi connectivity index (χ1) is 30.1. The third kappa shape index (κ3) is 7.11. The van der Waals surface area contributed by atoms with Gasteiger partial charge in [-0.25, -0.2) is 9.59 Å². The third-order valence-electron chi connectivity index (χ3n) is 15.2. The number of aliphatic hydroxyl groups is 1. The number of nitrogens with zero attached hydrogens (tertiary/aromatic N) is 1. The summed E-state index contributed by atoms with van der Waals surface area (Å²) >= 11 is 0. The van der Waals surface area contributed by atoms with Crippen molar-refractivity contribution in [1.29, 1.82) is 0 Å². The fourth-order valence-electron chi connectivity index (χ4n) is 12.3. The first kappa shape index (κ1) is 45.7. The molecule has 3 aliphatic carbocycles. The van der Waals surface area contributed by atoms with E-state index in [1.165, 1.54) is 11.8 Å². The number of aryl methyl sites for hydroxylation is 1. The fourth-order valence-corrected chi connectivity index (χ4v) is 12.3. The van der Waals surface area contributed by atoms with E-state index < -0.39 is 100 Å². The Morgan fingerprint density at radius 3 is 2.03 bits per heavy atom. The van der Waals surface area contributed by atoms with Gasteiger partial charge in [-0.05, 0) is 63.8 Å². The fraction of sp³-hybridized carbons (Fsp3) is 0.538. The number of Topliss-reactive ketones (excluding diaryl/α,β-unsaturated/α-hetero) is 1. The maximum absolute atomic E-state index is 15.7. The van der Waals surface area contributed by atoms with Crippen molar-refractivity contribution in [1.82, 2.24) is 4.90 Å². The highest BCUT2D eigenvalue weighted by molar-refractivity contribution is 5.91. The number of ether oxygens (including phenoxy) is 6. The van der Waals surface area contributed by atoms with Crippen molar-refractivity contribution in [2.75, 3.05) is 13.7 Å². The van der Waals surface area contributed by atoms with E-state index in [1.807, 2.05) is 126 Å². The normalized spacial score (nSPS) is 35.5. The summed E-state index contributed by atoms with van der Waals surface area (Å²) in [6.07, 6.45) is -5.07. The molecule has 5 aliphatic rings. The van der Waals surface area contributed by atoms with Crippen molar-refractivity contribution in [2.45, 2.75) is 141 Å². The molecular formula is C52H63NO11. The monoisotopic (exact) mass is 877 g/mol. The topological polar surface area (TPSA) is 147 Å². The van der Waals surface area contributed by atoms with Gasteiger partial charge < -0.3 is 33.5 Å². The molecule has 8 rings (SSSR count). The number of ketones is 1. The minimum atomic E-state index is -1.74. The van der Waals surface area contributed by atoms with Crippen LogP contribution in [0.15, 0.2) is 96.1 Å². The molecule has 0 aromatic heterocycles. The average molecular weight is 878 g/mol. The van der Waals surface area contributed by atoms with Crippen LogP contribution in [-0.4, -0.2) is 88.8 Å². The Hall–Kier alpha value is -4.88. The Kier molecular flexibility index (Phi) is 11.6. The second-order valence-electron chi connectivity index (χ2n) is 20.4. The van der Waals surface area contributed by atoms with E-state index in [0.29, 0.717) is 28.7 Å². The van der Waals surface area contributed by atoms with Gasteiger partial charge in [-0.3, -0.25) is 14.5 Å². The van der Waals surface area contributed by atoms with Gasteiger partial charge in [0.25, 0.3) is 0 Å². The zero-order chi connectivity index (χ0) is 46.3. The summed E-state index contributed by atoms with van der Waals surface area (Å²) in [5, 5.41) is 14.1. The van der Waals surface area contributed by atoms with Crippen LogP contribution in [0.2, 0.25) is 0 Å². The number of esters is 2. The Morgan fingerprint density at radius 2 is 1.48 bits per heavy atom. The zero-order valence-corrected chi connectivity index (χ0v) is 38.9. The highest BCUT2D eigenvalue weighted by Crippen LogP contribution is 2.69. The lowest BCUT2D eigenvalue weighted by Gasteiger charge is -2.69. The molecule has 0 radical (unpaired) electrons. The SMILES string of the molecule is CO[C@H]1C[C@H]2OC[C@@]2(OC(C)=O)[C@H]2[C@H](c3ccccc3)[C@]3(O)C[C@H](OC(=O)C4O[C@H](c5ccc(C)cc5)N(C(=O)OC(C)(C)C)[C@H]4c4ccccc4)C(C)=C([C@@H](C)C(=O)[C@]12C)C3(C)C. The van der Waals surface area contributed by atoms with E-state index in [9.17, 15) is 14.7 Å². The van der Waals surface area contributed by atoms with Crippen LogP contribution in [0.5, 0.6) is 0 Å². The van der Waals surface area contributed by atoms with Crippen LogP contribution in [0.25, 0.3) is 0 Å². The van der Waals surface area contributed by atoms with Gasteiger partial charge in [0, 0.05) is 55.6 Å². The van der Waals surface area contributed by atoms with Crippen LogP contribution in [0.1, 0.15) is 116 Å². The van der Waals surface area contributed by atoms with Gasteiger partial charge in [0.15, 0.2) is 17.9 Å². The number of hydrogen-bond acceptors (Lipinski definition) is 11. The van der Waals surface area contributed by atoms with Gasteiger partial charge in [0.05, 0.1) is 23.7 Å². The van der Waals surface area contributed by atoms with Crippen molar-refractivity contribution in [3.63, 3.8) is 0 Å². The summed E-state index contributed by atoms with van der Waals surface area (Å²) in [6, 6.07) is 25.3. The molecule has 2 heterocycles. The molecule has 2 aliphatic heterocycles. The molecule has 12 heteroatoms. The van der Waals surface area contributed by atoms with E-state index in [-0.39, 0.29) is 18.8 Å². The predicted octanol–water partition coefficient (Wildman–Crippen LogP) is 8.50. The molecule has 3 aromatic carbocycles. The lowest BCUT2D eigenvalue weighted by Crippen LogP contribution is -2.79. The molecule has 1 amide bonds. The van der Waals surface area contributed by atoms with Crippen LogP contribution in [0.4, 0.5) is 4.79 Å². The second-order valence-corrected chi connectivity index (χ2v) is 20.4. The maximum Gasteiger partial charge on any atom is 0.413 e. The molecule has 12 nitrogen and oxygen atoms in total. The Morgan fingerprint density at radius 1 is 0.875 bits per heavy atom. The minimum Gasteiger partial charge on any atom is -0.456 e. The number of rotatable bonds is 7. The number of carbonyl (C=O) groups is 4. The first-order valence-corrected chi connectivity index (χ1v) is 22.5. The van der Waals surface area contributed by atoms with Crippen LogP contribution in [0.3, 0.4) is 0 Å². The van der Waals surface area contributed by atoms with E-state index in [2.05, 4.69) is 0 Å². The van der Waals surface area contributed by atoms with Crippen LogP contribution >= 0.6 is 0 Å². The third-order valence-corrected chi connectivity index (χ3v) is 15.2. The van der Waals surface area contributed by atoms with Gasteiger partial charge in [0.2, 0.25) is 0 Å². The number of benzene rings is 3. The van der Waals surface area contributed by atoms with Crippen molar-refractivity contribution in [2.24, 2.45) is 22.7 Å². The van der Waals surface area contributed by atoms with E-state index >= 15 is 9.59 Å². The summed E-state index contributed by atoms with van der Waals surface area (Å²) in [6.45, 7) is 18.2. The van der Waals surface area contributed by atoms with Gasteiger partial charge in [-0.1, -0.05) is 111 Å². The largest absolute Gasteiger partial charge is 0.456 e. The average Bonchev–Trinajstić information content (AvgIpc) is 3.64. The van der Waals surface area contributed by atoms with Gasteiger partial charge in [-0.2, -0.15) is 0 Å². The number of methoxy groups -OCH3 is 1. The van der Waals surface area contributed by atoms with E-state index in [0.717, 1.165) is 11.1 Å². The van der Waals surface area contributed by atoms with E-state index in [4.69, 9.17) is 28.4 Å². The number of amides is 1. The van der Waals surface area contributed by atoms with Crippen molar-refractivity contribution >= 4 is 23.8 Å². The summed E-state index contributed by atoms with van der Waals surface area (Å²) in [5.41, 5.74) is -1.93. The predicted molar refractivity (Wildman–Crippen MR) is 237 cm³/mol. The van der Waals surface area contributed by atoms with E-state index in [1.54, 1.807) is 27.9 Å². The summed E-state index contributed by atoms with van der Waals surface area (Å²) < 4.78 is 38.2. The standard InChI is InChI=1S/C52H63NO11/c1-29-22-24-35(25-23-29)45-53(47(57)64-48(5,6)7)41(34-20-16-13-17-21-34)42(62-45)46(56)61-36-27-52(58)40(33-18-14-12-15-19-33)43-50(10,44(55)31(3)39(30(36)2)49(52,8)9)37(59-11)26-38-51(43,28-60-38)63-32(4)54/h12-25,31,36-38,40-43,45,58H,26-28H2,1-11H3/t31-,36+,37+,38-,40+,41+,42?,43+,45-,50-,51+,52-/m1/s1. The molecule has 4 fully saturated rings. The lowest BCUT2D eigenvalue weighted by molar-refractivity contribution is -0.333. The zero-order valence-electron chi connectivity index (χ0n) is 38.9. The van der Waals surface area contributed by atoms with Crippen molar-refractivity contribution in [3.05, 3.63) is 118 Å². The Labute approximate surface area is 376 Å². The van der Waals surface area contributed by atoms with Gasteiger partial charge >= 0.3 is 18.0 Å². The molecule has 1 unspecified atom stereocenters. The van der Waals surface area contributed by atoms with Gasteiger partial charge in [-0.15, -0.1) is 0 Å². The molecule has 64 heavy (non-hydrogen) atoms. The van der Waals surface area contributed by atoms with Crippen molar-refractivity contribution in [3.8, 4) is 0 Å². The highest BCUT2D eigenvalue weighted by Gasteiger charge is 2.77. The van der Waals surface area contributed by atoms with Crippen LogP contribution in [-0.2, 0) is 42.8 Å². The van der Waals surface area contributed by atoms with Gasteiger partial charge in [0.1, 0.15) is 29.6 Å². The van der Waals surface area contributed by atoms with Crippen LogP contribution < -0.4 is 0 Å². The molecule has 2 saturated carbocycles. The maximum atomic E-state index is 15.7. The summed E-state index contributed by atoms with van der Waals surface area (Å²) in [5.74, 6) is -3.89. The molecule has 3 aromatic rings. The Balaban J connectivity index is 1.28. The molecule has 0 spiro atoms. The summed E-state index contributed by atoms with van der Waals surface area (Å²) in [4.78, 5) is 59.9. The van der Waals surface area contributed by atoms with Crippen molar-refractivity contribution < 1.29 is 52.7 Å². The number of carbonyl (C=O) groups excluding carboxylic acids is 4. The number of hydrogen-bond donors (Lipinski definition) is 1. The summed E-state index contributed by atoms with van der Waals surface area (Å²) in [7, 11) is 1.58. The molecule has 2 saturated heterocycles. The molecule has 2 bridgehead atoms.